The van der Waals surface area contributed by atoms with E-state index in [9.17, 15) is 24.3 Å². The van der Waals surface area contributed by atoms with E-state index in [2.05, 4.69) is 0 Å². The molecule has 4 rings (SSSR count). The average molecular weight is 332 g/mol. The number of carbonyl (C=O) groups excluding carboxylic acids is 4. The maximum absolute atomic E-state index is 11.3. The summed E-state index contributed by atoms with van der Waals surface area (Å²) in [6.45, 7) is 0. The Labute approximate surface area is 142 Å². The molecule has 0 spiro atoms. The smallest absolute Gasteiger partial charge is 0.190 e. The quantitative estimate of drug-likeness (QED) is 0.801. The number of phenolic OH excluding ortho intramolecular Hbond substituents is 1. The zero-order chi connectivity index (χ0) is 18.0. The molecular formula is C20H12O5. The van der Waals surface area contributed by atoms with Crippen molar-refractivity contribution in [2.45, 2.75) is 0 Å². The van der Waals surface area contributed by atoms with Crippen molar-refractivity contribution in [1.29, 1.82) is 0 Å². The monoisotopic (exact) mass is 332 g/mol. The molecule has 0 fully saturated rings. The molecule has 0 saturated heterocycles. The summed E-state index contributed by atoms with van der Waals surface area (Å²) < 4.78 is 0. The van der Waals surface area contributed by atoms with Gasteiger partial charge in [0.05, 0.1) is 5.56 Å². The molecule has 2 aromatic carbocycles. The van der Waals surface area contributed by atoms with Crippen LogP contribution in [0.15, 0.2) is 66.8 Å². The fourth-order valence-electron chi connectivity index (χ4n) is 2.57. The van der Waals surface area contributed by atoms with Crippen LogP contribution >= 0.6 is 0 Å². The van der Waals surface area contributed by atoms with Crippen LogP contribution in [-0.4, -0.2) is 28.2 Å². The van der Waals surface area contributed by atoms with Gasteiger partial charge in [0.25, 0.3) is 0 Å². The Morgan fingerprint density at radius 2 is 0.960 bits per heavy atom. The molecule has 0 saturated carbocycles. The van der Waals surface area contributed by atoms with Gasteiger partial charge in [-0.15, -0.1) is 0 Å². The molecular weight excluding hydrogens is 320 g/mol. The summed E-state index contributed by atoms with van der Waals surface area (Å²) in [6, 6.07) is 11.3. The maximum Gasteiger partial charge on any atom is 0.190 e. The highest BCUT2D eigenvalue weighted by Gasteiger charge is 2.21. The minimum absolute atomic E-state index is 0.0924. The topological polar surface area (TPSA) is 88.5 Å². The van der Waals surface area contributed by atoms with Crippen molar-refractivity contribution < 1.29 is 24.3 Å². The molecule has 0 aromatic heterocycles. The third kappa shape index (κ3) is 3.07. The molecule has 1 N–H and O–H groups in total. The van der Waals surface area contributed by atoms with Gasteiger partial charge in [-0.2, -0.15) is 0 Å². The number of phenols is 1. The Balaban J connectivity index is 0.000000146. The second-order valence-corrected chi connectivity index (χ2v) is 5.37. The van der Waals surface area contributed by atoms with Crippen LogP contribution in [0.25, 0.3) is 0 Å². The minimum Gasteiger partial charge on any atom is -0.507 e. The molecule has 0 amide bonds. The number of fused-ring (bicyclic) bond motifs is 2. The summed E-state index contributed by atoms with van der Waals surface area (Å²) in [7, 11) is 0. The summed E-state index contributed by atoms with van der Waals surface area (Å²) in [5.41, 5.74) is 1.39. The highest BCUT2D eigenvalue weighted by molar-refractivity contribution is 6.23. The summed E-state index contributed by atoms with van der Waals surface area (Å²) in [5.74, 6) is -0.895. The fourth-order valence-corrected chi connectivity index (χ4v) is 2.57. The molecule has 0 radical (unpaired) electrons. The minimum atomic E-state index is -0.326. The number of rotatable bonds is 0. The van der Waals surface area contributed by atoms with Crippen molar-refractivity contribution >= 4 is 23.1 Å². The first-order valence-corrected chi connectivity index (χ1v) is 7.43. The lowest BCUT2D eigenvalue weighted by Gasteiger charge is -2.09. The third-order valence-corrected chi connectivity index (χ3v) is 3.78. The number of hydrogen-bond donors (Lipinski definition) is 1. The van der Waals surface area contributed by atoms with Gasteiger partial charge >= 0.3 is 0 Å². The molecule has 5 nitrogen and oxygen atoms in total. The molecule has 0 atom stereocenters. The number of aromatic hydroxyl groups is 1. The van der Waals surface area contributed by atoms with Gasteiger partial charge in [0, 0.05) is 16.7 Å². The van der Waals surface area contributed by atoms with Crippen molar-refractivity contribution in [2.24, 2.45) is 0 Å². The lowest BCUT2D eigenvalue weighted by atomic mass is 9.94. The van der Waals surface area contributed by atoms with E-state index >= 15 is 0 Å². The van der Waals surface area contributed by atoms with Crippen molar-refractivity contribution in [3.8, 4) is 5.75 Å². The maximum atomic E-state index is 11.3. The second kappa shape index (κ2) is 6.49. The Morgan fingerprint density at radius 3 is 1.48 bits per heavy atom. The zero-order valence-electron chi connectivity index (χ0n) is 12.9. The van der Waals surface area contributed by atoms with Gasteiger partial charge in [-0.3, -0.25) is 19.2 Å². The molecule has 0 unspecified atom stereocenters. The number of ketones is 4. The van der Waals surface area contributed by atoms with Crippen LogP contribution in [0.2, 0.25) is 0 Å². The second-order valence-electron chi connectivity index (χ2n) is 5.37. The van der Waals surface area contributed by atoms with E-state index in [1.54, 1.807) is 30.3 Å². The van der Waals surface area contributed by atoms with Gasteiger partial charge in [0.15, 0.2) is 23.1 Å². The summed E-state index contributed by atoms with van der Waals surface area (Å²) >= 11 is 0. The van der Waals surface area contributed by atoms with Crippen LogP contribution in [0, 0.1) is 0 Å². The molecule has 25 heavy (non-hydrogen) atoms. The third-order valence-electron chi connectivity index (χ3n) is 3.78. The van der Waals surface area contributed by atoms with E-state index in [0.717, 1.165) is 0 Å². The van der Waals surface area contributed by atoms with Gasteiger partial charge < -0.3 is 5.11 Å². The molecule has 2 aliphatic carbocycles. The largest absolute Gasteiger partial charge is 0.507 e. The Kier molecular flexibility index (Phi) is 4.22. The van der Waals surface area contributed by atoms with Crippen LogP contribution in [0.3, 0.4) is 0 Å². The molecule has 0 heterocycles. The lowest BCUT2D eigenvalue weighted by Crippen LogP contribution is -2.11. The van der Waals surface area contributed by atoms with Crippen LogP contribution < -0.4 is 0 Å². The Hall–Kier alpha value is -3.60. The summed E-state index contributed by atoms with van der Waals surface area (Å²) in [6.07, 6.45) is 5.00. The molecule has 5 heteroatoms. The van der Waals surface area contributed by atoms with Gasteiger partial charge in [-0.25, -0.2) is 0 Å². The standard InChI is InChI=1S/C10H6O3.C10H6O2/c11-7-4-5-9(13)10-6(7)2-1-3-8(10)12;11-9-5-6-10(12)8-4-2-1-3-7(8)9/h1-5,12H;1-6H. The van der Waals surface area contributed by atoms with Crippen LogP contribution in [0.4, 0.5) is 0 Å². The normalized spacial score (nSPS) is 14.6. The van der Waals surface area contributed by atoms with Gasteiger partial charge in [-0.05, 0) is 30.4 Å². The number of hydrogen-bond acceptors (Lipinski definition) is 5. The molecule has 0 bridgehead atoms. The molecule has 0 aliphatic heterocycles. The van der Waals surface area contributed by atoms with E-state index in [-0.39, 0.29) is 40.0 Å². The molecule has 2 aliphatic rings. The highest BCUT2D eigenvalue weighted by atomic mass is 16.3. The van der Waals surface area contributed by atoms with Crippen molar-refractivity contribution in [3.05, 3.63) is 89.0 Å². The summed E-state index contributed by atoms with van der Waals surface area (Å²) in [4.78, 5) is 44.9. The van der Waals surface area contributed by atoms with E-state index in [0.29, 0.717) is 11.1 Å². The van der Waals surface area contributed by atoms with Crippen molar-refractivity contribution in [3.63, 3.8) is 0 Å². The van der Waals surface area contributed by atoms with Crippen LogP contribution in [0.1, 0.15) is 41.4 Å². The summed E-state index contributed by atoms with van der Waals surface area (Å²) in [5, 5.41) is 9.34. The first kappa shape index (κ1) is 16.3. The van der Waals surface area contributed by atoms with Crippen molar-refractivity contribution in [2.75, 3.05) is 0 Å². The van der Waals surface area contributed by atoms with Crippen LogP contribution in [-0.2, 0) is 0 Å². The lowest BCUT2D eigenvalue weighted by molar-refractivity contribution is 0.0991. The SMILES string of the molecule is O=C1C=CC(=O)c2c(O)cccc21.O=C1C=CC(=O)c2ccccc21. The van der Waals surface area contributed by atoms with E-state index in [4.69, 9.17) is 0 Å². The first-order chi connectivity index (χ1) is 12.0. The molecule has 122 valence electrons. The first-order valence-electron chi connectivity index (χ1n) is 7.43. The van der Waals surface area contributed by atoms with E-state index in [1.165, 1.54) is 36.4 Å². The van der Waals surface area contributed by atoms with Crippen molar-refractivity contribution in [1.82, 2.24) is 0 Å². The van der Waals surface area contributed by atoms with Crippen LogP contribution in [0.5, 0.6) is 5.75 Å². The zero-order valence-corrected chi connectivity index (χ0v) is 12.9. The molecule has 2 aromatic rings. The van der Waals surface area contributed by atoms with Gasteiger partial charge in [0.1, 0.15) is 5.75 Å². The predicted molar refractivity (Wildman–Crippen MR) is 90.2 cm³/mol. The Bertz CT molecular complexity index is 942. The predicted octanol–water partition coefficient (Wildman–Crippen LogP) is 2.95. The number of allylic oxidation sites excluding steroid dienone is 4. The highest BCUT2D eigenvalue weighted by Crippen LogP contribution is 2.25. The number of benzene rings is 2. The number of carbonyl (C=O) groups is 4. The Morgan fingerprint density at radius 1 is 0.520 bits per heavy atom. The van der Waals surface area contributed by atoms with E-state index in [1.807, 2.05) is 0 Å². The van der Waals surface area contributed by atoms with E-state index < -0.39 is 0 Å². The fraction of sp³-hybridized carbons (Fsp3) is 0. The average Bonchev–Trinajstić information content (AvgIpc) is 2.62. The van der Waals surface area contributed by atoms with Gasteiger partial charge in [0.2, 0.25) is 0 Å². The van der Waals surface area contributed by atoms with Gasteiger partial charge in [-0.1, -0.05) is 36.4 Å².